The van der Waals surface area contributed by atoms with Gasteiger partial charge in [-0.15, -0.1) is 11.3 Å². The Hall–Kier alpha value is -3.73. The maximum Gasteiger partial charge on any atom is 0.407 e. The normalized spacial score (nSPS) is 20.6. The minimum Gasteiger partial charge on any atom is -0.454 e. The third kappa shape index (κ3) is 10.3. The molecule has 288 valence electrons. The fraction of sp³-hybridized carbons (Fsp3) is 0.526. The Morgan fingerprint density at radius 1 is 1.04 bits per heavy atom. The number of carbonyl (C=O) groups is 2. The Kier molecular flexibility index (Phi) is 12.9. The largest absolute Gasteiger partial charge is 0.454 e. The van der Waals surface area contributed by atoms with Crippen LogP contribution in [-0.4, -0.2) is 94.0 Å². The number of unbranched alkanes of at least 4 members (excludes halogenated alkanes) is 2. The number of nitrogens with zero attached hydrogens (tertiary/aromatic N) is 1. The Labute approximate surface area is 315 Å². The van der Waals surface area contributed by atoms with Gasteiger partial charge in [0.2, 0.25) is 16.8 Å². The number of amides is 2. The molecule has 2 fully saturated rings. The number of nitrogens with one attached hydrogen (secondary N) is 2. The maximum absolute atomic E-state index is 14.4. The Morgan fingerprint density at radius 3 is 2.64 bits per heavy atom. The van der Waals surface area contributed by atoms with Crippen LogP contribution in [0.15, 0.2) is 70.9 Å². The molecule has 2 saturated heterocycles. The first-order chi connectivity index (χ1) is 25.5. The van der Waals surface area contributed by atoms with Crippen LogP contribution in [-0.2, 0) is 30.7 Å². The van der Waals surface area contributed by atoms with Crippen molar-refractivity contribution in [3.63, 3.8) is 0 Å². The number of benzene rings is 2. The lowest BCUT2D eigenvalue weighted by atomic mass is 9.86. The van der Waals surface area contributed by atoms with E-state index in [-0.39, 0.29) is 49.6 Å². The molecule has 6 rings (SSSR count). The summed E-state index contributed by atoms with van der Waals surface area (Å²) in [7, 11) is -4.17. The monoisotopic (exact) mass is 771 g/mol. The number of hydrogen-bond acceptors (Lipinski definition) is 11. The molecule has 5 atom stereocenters. The summed E-state index contributed by atoms with van der Waals surface area (Å²) in [6, 6.07) is 16.6. The van der Waals surface area contributed by atoms with E-state index in [9.17, 15) is 23.1 Å². The average Bonchev–Trinajstić information content (AvgIpc) is 3.96. The molecule has 0 spiro atoms. The molecular formula is C38H49N3O10S2. The molecule has 15 heteroatoms. The van der Waals surface area contributed by atoms with Crippen molar-refractivity contribution in [2.75, 3.05) is 39.6 Å². The zero-order valence-electron chi connectivity index (χ0n) is 30.1. The molecular weight excluding hydrogens is 723 g/mol. The average molecular weight is 772 g/mol. The van der Waals surface area contributed by atoms with Crippen LogP contribution in [0.25, 0.3) is 0 Å². The van der Waals surface area contributed by atoms with Gasteiger partial charge in [-0.05, 0) is 60.2 Å². The highest BCUT2D eigenvalue weighted by Gasteiger charge is 2.44. The topological polar surface area (TPSA) is 162 Å². The quantitative estimate of drug-likeness (QED) is 0.151. The minimum absolute atomic E-state index is 0.00362. The summed E-state index contributed by atoms with van der Waals surface area (Å²) in [4.78, 5) is 26.3. The molecule has 3 aliphatic rings. The first-order valence-electron chi connectivity index (χ1n) is 18.1. The van der Waals surface area contributed by atoms with Crippen LogP contribution >= 0.6 is 11.3 Å². The van der Waals surface area contributed by atoms with E-state index >= 15 is 0 Å². The molecule has 0 unspecified atom stereocenters. The van der Waals surface area contributed by atoms with Crippen molar-refractivity contribution in [1.29, 1.82) is 0 Å². The molecule has 2 aromatic carbocycles. The van der Waals surface area contributed by atoms with Gasteiger partial charge < -0.3 is 39.4 Å². The molecule has 0 bridgehead atoms. The van der Waals surface area contributed by atoms with E-state index in [0.717, 1.165) is 24.8 Å². The second kappa shape index (κ2) is 17.6. The Balaban J connectivity index is 1.14. The van der Waals surface area contributed by atoms with E-state index in [0.29, 0.717) is 42.4 Å². The molecule has 1 aromatic heterocycles. The van der Waals surface area contributed by atoms with Crippen molar-refractivity contribution in [2.45, 2.75) is 81.8 Å². The van der Waals surface area contributed by atoms with Crippen LogP contribution in [0, 0.1) is 11.3 Å². The number of sulfonamides is 1. The molecule has 3 aromatic rings. The SMILES string of the molecule is CC(C)(CCCCCNC(=O)c1cccs1)CN(C[C@@H](O)[C@H](Cc1ccccc1)NC(=O)O[C@H]1CO[C@H]2OCC[C@H]21)S(=O)(=O)c1ccc2c(c1)OCO2. The van der Waals surface area contributed by atoms with Crippen molar-refractivity contribution in [1.82, 2.24) is 14.9 Å². The lowest BCUT2D eigenvalue weighted by Gasteiger charge is -2.35. The van der Waals surface area contributed by atoms with Crippen molar-refractivity contribution >= 4 is 33.4 Å². The lowest BCUT2D eigenvalue weighted by Crippen LogP contribution is -2.52. The predicted molar refractivity (Wildman–Crippen MR) is 197 cm³/mol. The molecule has 0 radical (unpaired) electrons. The van der Waals surface area contributed by atoms with E-state index in [1.807, 2.05) is 55.6 Å². The first kappa shape index (κ1) is 39.0. The molecule has 3 aliphatic heterocycles. The highest BCUT2D eigenvalue weighted by atomic mass is 32.2. The second-order valence-electron chi connectivity index (χ2n) is 14.5. The lowest BCUT2D eigenvalue weighted by molar-refractivity contribution is -0.0907. The third-order valence-corrected chi connectivity index (χ3v) is 12.5. The van der Waals surface area contributed by atoms with Crippen LogP contribution in [0.1, 0.15) is 61.2 Å². The van der Waals surface area contributed by atoms with Crippen LogP contribution in [0.4, 0.5) is 4.79 Å². The number of thiophene rings is 1. The molecule has 2 amide bonds. The van der Waals surface area contributed by atoms with Gasteiger partial charge in [0.1, 0.15) is 6.10 Å². The molecule has 0 saturated carbocycles. The fourth-order valence-corrected chi connectivity index (χ4v) is 9.25. The number of hydrogen-bond donors (Lipinski definition) is 3. The number of aliphatic hydroxyl groups excluding tert-OH is 1. The van der Waals surface area contributed by atoms with Gasteiger partial charge >= 0.3 is 6.09 Å². The summed E-state index contributed by atoms with van der Waals surface area (Å²) < 4.78 is 58.0. The zero-order valence-corrected chi connectivity index (χ0v) is 31.7. The molecule has 53 heavy (non-hydrogen) atoms. The van der Waals surface area contributed by atoms with Gasteiger partial charge in [-0.3, -0.25) is 4.79 Å². The van der Waals surface area contributed by atoms with Crippen molar-refractivity contribution in [2.24, 2.45) is 11.3 Å². The summed E-state index contributed by atoms with van der Waals surface area (Å²) in [5.41, 5.74) is 0.356. The van der Waals surface area contributed by atoms with E-state index in [4.69, 9.17) is 23.7 Å². The van der Waals surface area contributed by atoms with Gasteiger partial charge in [0.05, 0.1) is 41.1 Å². The maximum atomic E-state index is 14.4. The van der Waals surface area contributed by atoms with Gasteiger partial charge in [-0.25, -0.2) is 13.2 Å². The number of rotatable bonds is 18. The molecule has 3 N–H and O–H groups in total. The molecule has 4 heterocycles. The van der Waals surface area contributed by atoms with Gasteiger partial charge in [0.15, 0.2) is 17.8 Å². The van der Waals surface area contributed by atoms with Crippen LogP contribution in [0.2, 0.25) is 0 Å². The third-order valence-electron chi connectivity index (χ3n) is 9.85. The van der Waals surface area contributed by atoms with Crippen molar-refractivity contribution in [3.8, 4) is 11.5 Å². The highest BCUT2D eigenvalue weighted by Crippen LogP contribution is 2.36. The number of fused-ring (bicyclic) bond motifs is 2. The van der Waals surface area contributed by atoms with Crippen molar-refractivity contribution in [3.05, 3.63) is 76.5 Å². The van der Waals surface area contributed by atoms with Crippen LogP contribution < -0.4 is 20.1 Å². The number of aliphatic hydroxyl groups is 1. The summed E-state index contributed by atoms with van der Waals surface area (Å²) >= 11 is 1.40. The van der Waals surface area contributed by atoms with Gasteiger partial charge in [0.25, 0.3) is 5.91 Å². The number of ether oxygens (including phenoxy) is 5. The van der Waals surface area contributed by atoms with E-state index in [1.165, 1.54) is 27.8 Å². The van der Waals surface area contributed by atoms with Crippen LogP contribution in [0.5, 0.6) is 11.5 Å². The number of alkyl carbamates (subject to hydrolysis) is 1. The smallest absolute Gasteiger partial charge is 0.407 e. The van der Waals surface area contributed by atoms with Gasteiger partial charge in [-0.1, -0.05) is 63.1 Å². The summed E-state index contributed by atoms with van der Waals surface area (Å²) in [5.74, 6) is 0.638. The first-order valence-corrected chi connectivity index (χ1v) is 20.4. The second-order valence-corrected chi connectivity index (χ2v) is 17.4. The van der Waals surface area contributed by atoms with Gasteiger partial charge in [0, 0.05) is 25.7 Å². The van der Waals surface area contributed by atoms with Crippen molar-refractivity contribution < 1.29 is 46.8 Å². The molecule has 0 aliphatic carbocycles. The zero-order chi connectivity index (χ0) is 37.4. The number of carbonyl (C=O) groups excluding carboxylic acids is 2. The van der Waals surface area contributed by atoms with Crippen LogP contribution in [0.3, 0.4) is 0 Å². The Morgan fingerprint density at radius 2 is 1.85 bits per heavy atom. The summed E-state index contributed by atoms with van der Waals surface area (Å²) in [6.45, 7) is 5.10. The van der Waals surface area contributed by atoms with E-state index < -0.39 is 46.1 Å². The van der Waals surface area contributed by atoms with Gasteiger partial charge in [-0.2, -0.15) is 4.31 Å². The summed E-state index contributed by atoms with van der Waals surface area (Å²) in [6.07, 6.45) is 1.18. The highest BCUT2D eigenvalue weighted by molar-refractivity contribution is 7.89. The molecule has 13 nitrogen and oxygen atoms in total. The Bertz CT molecular complexity index is 1770. The predicted octanol–water partition coefficient (Wildman–Crippen LogP) is 4.94. The van der Waals surface area contributed by atoms with E-state index in [1.54, 1.807) is 12.1 Å². The summed E-state index contributed by atoms with van der Waals surface area (Å²) in [5, 5.41) is 19.5. The minimum atomic E-state index is -4.17. The standard InChI is InChI=1S/C38H49N3O10S2/c1-38(2,16-7-4-8-17-39-35(43)34-12-9-19-52-34)24-41(53(45,46)27-13-14-31-32(21-27)50-25-49-31)22-30(42)29(20-26-10-5-3-6-11-26)40-37(44)51-33-23-48-36-28(33)15-18-47-36/h3,5-6,9-14,19,21,28-30,33,36,42H,4,7-8,15-18,20,22-25H2,1-2H3,(H,39,43)(H,40,44)/t28-,29-,30+,33-,36+/m0/s1. The van der Waals surface area contributed by atoms with E-state index in [2.05, 4.69) is 10.6 Å². The fourth-order valence-electron chi connectivity index (χ4n) is 6.95.